The van der Waals surface area contributed by atoms with E-state index in [1.807, 2.05) is 46.7 Å². The molecule has 1 aromatic heterocycles. The number of hydrogen-bond donors (Lipinski definition) is 2. The maximum Gasteiger partial charge on any atom is 0.191 e. The Hall–Kier alpha value is -1.29. The lowest BCUT2D eigenvalue weighted by molar-refractivity contribution is 0.660. The fraction of sp³-hybridized carbons (Fsp3) is 0.438. The number of rotatable bonds is 6. The smallest absolute Gasteiger partial charge is 0.191 e. The molecular formula is C16H25IN6S. The lowest BCUT2D eigenvalue weighted by atomic mass is 10.2. The van der Waals surface area contributed by atoms with Crippen molar-refractivity contribution in [3.63, 3.8) is 0 Å². The Labute approximate surface area is 164 Å². The summed E-state index contributed by atoms with van der Waals surface area (Å²) in [6.07, 6.45) is 3.83. The van der Waals surface area contributed by atoms with Crippen molar-refractivity contribution < 1.29 is 0 Å². The number of nitrogens with zero attached hydrogens (tertiary/aromatic N) is 4. The highest BCUT2D eigenvalue weighted by Crippen LogP contribution is 2.19. The van der Waals surface area contributed by atoms with Crippen LogP contribution in [-0.4, -0.2) is 45.3 Å². The Morgan fingerprint density at radius 1 is 1.25 bits per heavy atom. The van der Waals surface area contributed by atoms with Gasteiger partial charge in [0.15, 0.2) is 11.8 Å². The van der Waals surface area contributed by atoms with Crippen LogP contribution in [-0.2, 0) is 6.54 Å². The minimum Gasteiger partial charge on any atom is -0.355 e. The zero-order valence-electron chi connectivity index (χ0n) is 14.5. The Balaban J connectivity index is 0.00000288. The van der Waals surface area contributed by atoms with E-state index < -0.39 is 0 Å². The summed E-state index contributed by atoms with van der Waals surface area (Å²) in [7, 11) is 1.77. The highest BCUT2D eigenvalue weighted by molar-refractivity contribution is 14.0. The maximum absolute atomic E-state index is 4.25. The topological polar surface area (TPSA) is 67.1 Å². The highest BCUT2D eigenvalue weighted by atomic mass is 127. The summed E-state index contributed by atoms with van der Waals surface area (Å²) in [4.78, 5) is 4.25. The number of benzene rings is 1. The second-order valence-corrected chi connectivity index (χ2v) is 7.21. The molecule has 0 aliphatic carbocycles. The van der Waals surface area contributed by atoms with Gasteiger partial charge in [-0.25, -0.2) is 0 Å². The zero-order chi connectivity index (χ0) is 16.7. The van der Waals surface area contributed by atoms with Crippen molar-refractivity contribution >= 4 is 41.7 Å². The number of guanidine groups is 1. The van der Waals surface area contributed by atoms with Crippen LogP contribution in [0.1, 0.15) is 19.7 Å². The molecule has 0 unspecified atom stereocenters. The van der Waals surface area contributed by atoms with E-state index in [2.05, 4.69) is 45.9 Å². The quantitative estimate of drug-likeness (QED) is 0.394. The predicted molar refractivity (Wildman–Crippen MR) is 113 cm³/mol. The van der Waals surface area contributed by atoms with Gasteiger partial charge >= 0.3 is 0 Å². The van der Waals surface area contributed by atoms with Gasteiger partial charge in [0.05, 0.1) is 6.54 Å². The molecule has 0 spiro atoms. The van der Waals surface area contributed by atoms with Crippen LogP contribution in [0.15, 0.2) is 41.7 Å². The Morgan fingerprint density at radius 2 is 1.96 bits per heavy atom. The average Bonchev–Trinajstić information content (AvgIpc) is 3.04. The SMILES string of the molecule is CN=C(NCc1nncn1-c1ccccc1)NCC(C)(C)SC.I. The molecule has 0 fully saturated rings. The van der Waals surface area contributed by atoms with Crippen LogP contribution in [0.25, 0.3) is 5.69 Å². The van der Waals surface area contributed by atoms with E-state index in [9.17, 15) is 0 Å². The number of nitrogens with one attached hydrogen (secondary N) is 2. The van der Waals surface area contributed by atoms with Crippen LogP contribution >= 0.6 is 35.7 Å². The van der Waals surface area contributed by atoms with E-state index in [0.717, 1.165) is 24.0 Å². The van der Waals surface area contributed by atoms with Crippen molar-refractivity contribution in [3.05, 3.63) is 42.5 Å². The molecule has 0 saturated carbocycles. The third kappa shape index (κ3) is 5.97. The summed E-state index contributed by atoms with van der Waals surface area (Å²) >= 11 is 1.82. The van der Waals surface area contributed by atoms with Crippen LogP contribution in [0.3, 0.4) is 0 Å². The van der Waals surface area contributed by atoms with Crippen molar-refractivity contribution in [1.82, 2.24) is 25.4 Å². The molecule has 2 aromatic rings. The van der Waals surface area contributed by atoms with Gasteiger partial charge < -0.3 is 10.6 Å². The van der Waals surface area contributed by atoms with Gasteiger partial charge in [-0.15, -0.1) is 34.2 Å². The molecule has 0 aliphatic heterocycles. The van der Waals surface area contributed by atoms with Crippen molar-refractivity contribution in [2.75, 3.05) is 19.8 Å². The van der Waals surface area contributed by atoms with Gasteiger partial charge in [0, 0.05) is 24.0 Å². The van der Waals surface area contributed by atoms with Crippen molar-refractivity contribution in [2.24, 2.45) is 4.99 Å². The molecule has 0 amide bonds. The summed E-state index contributed by atoms with van der Waals surface area (Å²) < 4.78 is 2.12. The van der Waals surface area contributed by atoms with E-state index in [0.29, 0.717) is 6.54 Å². The summed E-state index contributed by atoms with van der Waals surface area (Å²) in [5.74, 6) is 1.60. The molecule has 6 nitrogen and oxygen atoms in total. The van der Waals surface area contributed by atoms with E-state index in [-0.39, 0.29) is 28.7 Å². The van der Waals surface area contributed by atoms with Gasteiger partial charge in [-0.3, -0.25) is 9.56 Å². The van der Waals surface area contributed by atoms with Crippen LogP contribution in [0, 0.1) is 0 Å². The van der Waals surface area contributed by atoms with Gasteiger partial charge in [0.2, 0.25) is 0 Å². The summed E-state index contributed by atoms with van der Waals surface area (Å²) in [5.41, 5.74) is 1.04. The number of aliphatic imine (C=N–C) groups is 1. The van der Waals surface area contributed by atoms with E-state index in [1.54, 1.807) is 13.4 Å². The Kier molecular flexibility index (Phi) is 8.54. The monoisotopic (exact) mass is 460 g/mol. The normalized spacial score (nSPS) is 11.8. The molecule has 2 rings (SSSR count). The molecule has 0 bridgehead atoms. The standard InChI is InChI=1S/C16H24N6S.HI/c1-16(2,23-4)11-19-15(17-3)18-10-14-21-20-12-22(14)13-8-6-5-7-9-13;/h5-9,12H,10-11H2,1-4H3,(H2,17,18,19);1H. The van der Waals surface area contributed by atoms with Crippen molar-refractivity contribution in [1.29, 1.82) is 0 Å². The highest BCUT2D eigenvalue weighted by Gasteiger charge is 2.16. The molecular weight excluding hydrogens is 435 g/mol. The minimum atomic E-state index is 0. The average molecular weight is 460 g/mol. The van der Waals surface area contributed by atoms with Crippen LogP contribution < -0.4 is 10.6 Å². The third-order valence-electron chi connectivity index (χ3n) is 3.52. The summed E-state index contributed by atoms with van der Waals surface area (Å²) in [6, 6.07) is 10.0. The number of halogens is 1. The molecule has 2 N–H and O–H groups in total. The minimum absolute atomic E-state index is 0. The van der Waals surface area contributed by atoms with E-state index in [1.165, 1.54) is 0 Å². The molecule has 1 heterocycles. The second-order valence-electron chi connectivity index (χ2n) is 5.70. The molecule has 24 heavy (non-hydrogen) atoms. The number of hydrogen-bond acceptors (Lipinski definition) is 4. The summed E-state index contributed by atoms with van der Waals surface area (Å²) in [6.45, 7) is 5.78. The lowest BCUT2D eigenvalue weighted by Crippen LogP contribution is -2.43. The lowest BCUT2D eigenvalue weighted by Gasteiger charge is -2.23. The molecule has 0 atom stereocenters. The van der Waals surface area contributed by atoms with Crippen molar-refractivity contribution in [3.8, 4) is 5.69 Å². The van der Waals surface area contributed by atoms with Gasteiger partial charge in [-0.05, 0) is 32.2 Å². The summed E-state index contributed by atoms with van der Waals surface area (Å²) in [5, 5.41) is 14.8. The second kappa shape index (κ2) is 9.87. The largest absolute Gasteiger partial charge is 0.355 e. The van der Waals surface area contributed by atoms with Gasteiger partial charge in [0.25, 0.3) is 0 Å². The first kappa shape index (κ1) is 20.8. The molecule has 132 valence electrons. The molecule has 8 heteroatoms. The zero-order valence-corrected chi connectivity index (χ0v) is 17.6. The fourth-order valence-electron chi connectivity index (χ4n) is 1.94. The maximum atomic E-state index is 4.25. The first-order valence-electron chi connectivity index (χ1n) is 7.50. The molecule has 0 aliphatic rings. The first-order valence-corrected chi connectivity index (χ1v) is 8.72. The van der Waals surface area contributed by atoms with E-state index >= 15 is 0 Å². The molecule has 0 saturated heterocycles. The van der Waals surface area contributed by atoms with Gasteiger partial charge in [0.1, 0.15) is 6.33 Å². The van der Waals surface area contributed by atoms with Gasteiger partial charge in [-0.1, -0.05) is 18.2 Å². The fourth-order valence-corrected chi connectivity index (χ4v) is 2.15. The van der Waals surface area contributed by atoms with Crippen LogP contribution in [0.5, 0.6) is 0 Å². The van der Waals surface area contributed by atoms with Crippen molar-refractivity contribution in [2.45, 2.75) is 25.1 Å². The van der Waals surface area contributed by atoms with Crippen LogP contribution in [0.4, 0.5) is 0 Å². The molecule has 1 aromatic carbocycles. The van der Waals surface area contributed by atoms with Crippen LogP contribution in [0.2, 0.25) is 0 Å². The number of para-hydroxylation sites is 1. The van der Waals surface area contributed by atoms with Gasteiger partial charge in [-0.2, -0.15) is 11.8 Å². The number of aromatic nitrogens is 3. The Morgan fingerprint density at radius 3 is 2.58 bits per heavy atom. The Bertz CT molecular complexity index is 641. The van der Waals surface area contributed by atoms with E-state index in [4.69, 9.17) is 0 Å². The third-order valence-corrected chi connectivity index (χ3v) is 4.77. The first-order chi connectivity index (χ1) is 11.1. The predicted octanol–water partition coefficient (Wildman–Crippen LogP) is 2.69. The number of thioether (sulfide) groups is 1. The molecule has 0 radical (unpaired) electrons.